The molecule has 0 saturated heterocycles. The molecule has 3 nitrogen and oxygen atoms in total. The van der Waals surface area contributed by atoms with E-state index in [4.69, 9.17) is 11.6 Å². The molecule has 0 bridgehead atoms. The molecule has 1 fully saturated rings. The van der Waals surface area contributed by atoms with Crippen molar-refractivity contribution < 1.29 is 5.11 Å². The summed E-state index contributed by atoms with van der Waals surface area (Å²) >= 11 is 6.42. The minimum atomic E-state index is 0.188. The van der Waals surface area contributed by atoms with Gasteiger partial charge in [-0.25, -0.2) is 0 Å². The molecule has 1 aliphatic rings. The summed E-state index contributed by atoms with van der Waals surface area (Å²) in [6.07, 6.45) is 6.36. The second kappa shape index (κ2) is 8.62. The average Bonchev–Trinajstić information content (AvgIpc) is 2.52. The van der Waals surface area contributed by atoms with Gasteiger partial charge < -0.3 is 15.3 Å². The summed E-state index contributed by atoms with van der Waals surface area (Å²) in [5.74, 6) is 0. The third-order valence-electron chi connectivity index (χ3n) is 4.29. The van der Waals surface area contributed by atoms with Crippen molar-refractivity contribution >= 4 is 17.3 Å². The molecule has 1 aliphatic carbocycles. The van der Waals surface area contributed by atoms with Crippen molar-refractivity contribution in [3.63, 3.8) is 0 Å². The van der Waals surface area contributed by atoms with Crippen LogP contribution in [0.1, 0.15) is 44.6 Å². The largest absolute Gasteiger partial charge is 0.395 e. The van der Waals surface area contributed by atoms with Gasteiger partial charge in [-0.3, -0.25) is 0 Å². The van der Waals surface area contributed by atoms with E-state index in [-0.39, 0.29) is 6.61 Å². The number of anilines is 1. The van der Waals surface area contributed by atoms with Crippen LogP contribution < -0.4 is 10.2 Å². The fraction of sp³-hybridized carbons (Fsp3) is 0.647. The summed E-state index contributed by atoms with van der Waals surface area (Å²) in [5, 5.41) is 13.5. The number of halogens is 1. The average molecular weight is 311 g/mol. The number of aliphatic hydroxyl groups is 1. The van der Waals surface area contributed by atoms with Crippen molar-refractivity contribution in [2.24, 2.45) is 0 Å². The van der Waals surface area contributed by atoms with Gasteiger partial charge in [0.05, 0.1) is 6.61 Å². The molecule has 0 aromatic heterocycles. The van der Waals surface area contributed by atoms with Gasteiger partial charge in [0, 0.05) is 29.8 Å². The van der Waals surface area contributed by atoms with E-state index < -0.39 is 0 Å². The second-order valence-electron chi connectivity index (χ2n) is 5.76. The SMILES string of the molecule is CCNCc1ccc(N(CCO)C2CCCCC2)cc1Cl. The molecule has 0 radical (unpaired) electrons. The molecule has 0 aliphatic heterocycles. The van der Waals surface area contributed by atoms with Crippen molar-refractivity contribution in [3.05, 3.63) is 28.8 Å². The molecule has 1 saturated carbocycles. The topological polar surface area (TPSA) is 35.5 Å². The molecule has 1 aromatic rings. The van der Waals surface area contributed by atoms with E-state index in [0.717, 1.165) is 29.4 Å². The van der Waals surface area contributed by atoms with Crippen LogP contribution in [0.4, 0.5) is 5.69 Å². The number of rotatable bonds is 7. The number of hydrogen-bond donors (Lipinski definition) is 2. The zero-order chi connectivity index (χ0) is 15.1. The number of hydrogen-bond acceptors (Lipinski definition) is 3. The summed E-state index contributed by atoms with van der Waals surface area (Å²) in [5.41, 5.74) is 2.27. The van der Waals surface area contributed by atoms with Gasteiger partial charge in [0.2, 0.25) is 0 Å². The highest BCUT2D eigenvalue weighted by atomic mass is 35.5. The Morgan fingerprint density at radius 3 is 2.67 bits per heavy atom. The Hall–Kier alpha value is -0.770. The molecule has 0 amide bonds. The minimum absolute atomic E-state index is 0.188. The van der Waals surface area contributed by atoms with E-state index in [9.17, 15) is 5.11 Å². The highest BCUT2D eigenvalue weighted by Gasteiger charge is 2.21. The Labute approximate surface area is 133 Å². The lowest BCUT2D eigenvalue weighted by atomic mass is 9.93. The predicted molar refractivity (Wildman–Crippen MR) is 90.1 cm³/mol. The van der Waals surface area contributed by atoms with Crippen molar-refractivity contribution in [3.8, 4) is 0 Å². The summed E-state index contributed by atoms with van der Waals surface area (Å²) in [7, 11) is 0. The minimum Gasteiger partial charge on any atom is -0.395 e. The van der Waals surface area contributed by atoms with Crippen LogP contribution >= 0.6 is 11.6 Å². The molecule has 0 atom stereocenters. The van der Waals surface area contributed by atoms with Crippen molar-refractivity contribution in [1.29, 1.82) is 0 Å². The predicted octanol–water partition coefficient (Wildman–Crippen LogP) is 3.58. The molecule has 2 N–H and O–H groups in total. The molecule has 0 heterocycles. The maximum absolute atomic E-state index is 9.38. The summed E-state index contributed by atoms with van der Waals surface area (Å²) in [4.78, 5) is 2.34. The highest BCUT2D eigenvalue weighted by Crippen LogP contribution is 2.30. The maximum atomic E-state index is 9.38. The van der Waals surface area contributed by atoms with Gasteiger partial charge in [0.1, 0.15) is 0 Å². The molecule has 4 heteroatoms. The van der Waals surface area contributed by atoms with Crippen LogP contribution in [0, 0.1) is 0 Å². The van der Waals surface area contributed by atoms with Crippen molar-refractivity contribution in [1.82, 2.24) is 5.32 Å². The van der Waals surface area contributed by atoms with Crippen LogP contribution in [0.2, 0.25) is 5.02 Å². The first-order valence-electron chi connectivity index (χ1n) is 8.13. The van der Waals surface area contributed by atoms with Gasteiger partial charge in [0.15, 0.2) is 0 Å². The first-order valence-corrected chi connectivity index (χ1v) is 8.50. The molecule has 118 valence electrons. The number of aliphatic hydroxyl groups excluding tert-OH is 1. The van der Waals surface area contributed by atoms with Crippen LogP contribution in [0.5, 0.6) is 0 Å². The lowest BCUT2D eigenvalue weighted by molar-refractivity contribution is 0.290. The highest BCUT2D eigenvalue weighted by molar-refractivity contribution is 6.31. The number of benzene rings is 1. The fourth-order valence-electron chi connectivity index (χ4n) is 3.14. The monoisotopic (exact) mass is 310 g/mol. The van der Waals surface area contributed by atoms with Crippen LogP contribution in [0.15, 0.2) is 18.2 Å². The zero-order valence-corrected chi connectivity index (χ0v) is 13.7. The Balaban J connectivity index is 2.13. The molecular weight excluding hydrogens is 284 g/mol. The van der Waals surface area contributed by atoms with E-state index in [0.29, 0.717) is 12.6 Å². The molecule has 2 rings (SSSR count). The third-order valence-corrected chi connectivity index (χ3v) is 4.64. The van der Waals surface area contributed by atoms with Crippen LogP contribution in [-0.2, 0) is 6.54 Å². The zero-order valence-electron chi connectivity index (χ0n) is 12.9. The maximum Gasteiger partial charge on any atom is 0.0606 e. The van der Waals surface area contributed by atoms with Gasteiger partial charge in [-0.15, -0.1) is 0 Å². The van der Waals surface area contributed by atoms with Crippen LogP contribution in [0.25, 0.3) is 0 Å². The third kappa shape index (κ3) is 4.60. The van der Waals surface area contributed by atoms with Crippen molar-refractivity contribution in [2.45, 2.75) is 51.6 Å². The Kier molecular flexibility index (Phi) is 6.81. The summed E-state index contributed by atoms with van der Waals surface area (Å²) in [6.45, 7) is 4.71. The Morgan fingerprint density at radius 2 is 2.05 bits per heavy atom. The molecule has 1 aromatic carbocycles. The van der Waals surface area contributed by atoms with Gasteiger partial charge >= 0.3 is 0 Å². The summed E-state index contributed by atoms with van der Waals surface area (Å²) in [6, 6.07) is 6.84. The first kappa shape index (κ1) is 16.6. The van der Waals surface area contributed by atoms with E-state index >= 15 is 0 Å². The van der Waals surface area contributed by atoms with E-state index in [1.807, 2.05) is 0 Å². The molecular formula is C17H27ClN2O. The van der Waals surface area contributed by atoms with E-state index in [1.54, 1.807) is 0 Å². The fourth-order valence-corrected chi connectivity index (χ4v) is 3.38. The summed E-state index contributed by atoms with van der Waals surface area (Å²) < 4.78 is 0. The normalized spacial score (nSPS) is 16.1. The molecule has 0 unspecified atom stereocenters. The quantitative estimate of drug-likeness (QED) is 0.808. The first-order chi connectivity index (χ1) is 10.3. The number of nitrogens with one attached hydrogen (secondary N) is 1. The van der Waals surface area contributed by atoms with Crippen LogP contribution in [-0.4, -0.2) is 30.8 Å². The Morgan fingerprint density at radius 1 is 1.29 bits per heavy atom. The second-order valence-corrected chi connectivity index (χ2v) is 6.17. The molecule has 21 heavy (non-hydrogen) atoms. The van der Waals surface area contributed by atoms with E-state index in [2.05, 4.69) is 35.3 Å². The van der Waals surface area contributed by atoms with Crippen molar-refractivity contribution in [2.75, 3.05) is 24.6 Å². The lowest BCUT2D eigenvalue weighted by Gasteiger charge is -2.36. The van der Waals surface area contributed by atoms with Crippen LogP contribution in [0.3, 0.4) is 0 Å². The Bertz CT molecular complexity index is 433. The van der Waals surface area contributed by atoms with Gasteiger partial charge in [-0.2, -0.15) is 0 Å². The van der Waals surface area contributed by atoms with Gasteiger partial charge in [0.25, 0.3) is 0 Å². The molecule has 0 spiro atoms. The van der Waals surface area contributed by atoms with Gasteiger partial charge in [-0.05, 0) is 37.1 Å². The van der Waals surface area contributed by atoms with Gasteiger partial charge in [-0.1, -0.05) is 43.9 Å². The lowest BCUT2D eigenvalue weighted by Crippen LogP contribution is -2.38. The smallest absolute Gasteiger partial charge is 0.0606 e. The standard InChI is InChI=1S/C17H27ClN2O/c1-2-19-13-14-8-9-16(12-17(14)18)20(10-11-21)15-6-4-3-5-7-15/h8-9,12,15,19,21H,2-7,10-11,13H2,1H3. The number of nitrogens with zero attached hydrogens (tertiary/aromatic N) is 1. The van der Waals surface area contributed by atoms with E-state index in [1.165, 1.54) is 32.1 Å².